The summed E-state index contributed by atoms with van der Waals surface area (Å²) in [5, 5.41) is 9.53. The smallest absolute Gasteiger partial charge is 0.218 e. The van der Waals surface area contributed by atoms with Crippen molar-refractivity contribution in [2.45, 2.75) is 24.7 Å². The van der Waals surface area contributed by atoms with E-state index in [2.05, 4.69) is 0 Å². The molecule has 0 bridgehead atoms. The van der Waals surface area contributed by atoms with Gasteiger partial charge in [0.05, 0.1) is 11.9 Å². The zero-order chi connectivity index (χ0) is 13.2. The normalized spacial score (nSPS) is 21.9. The number of nitrogen functional groups attached to an aromatic ring is 1. The van der Waals surface area contributed by atoms with Crippen molar-refractivity contribution < 1.29 is 13.5 Å². The molecule has 1 saturated heterocycles. The van der Waals surface area contributed by atoms with Crippen molar-refractivity contribution in [2.75, 3.05) is 18.8 Å². The van der Waals surface area contributed by atoms with E-state index in [0.717, 1.165) is 0 Å². The lowest BCUT2D eigenvalue weighted by Crippen LogP contribution is -2.42. The Morgan fingerprint density at radius 1 is 1.39 bits per heavy atom. The van der Waals surface area contributed by atoms with E-state index in [9.17, 15) is 13.5 Å². The second-order valence-corrected chi connectivity index (χ2v) is 6.58. The van der Waals surface area contributed by atoms with Gasteiger partial charge in [-0.2, -0.15) is 4.31 Å². The second-order valence-electron chi connectivity index (χ2n) is 4.61. The van der Waals surface area contributed by atoms with Gasteiger partial charge in [-0.1, -0.05) is 18.2 Å². The van der Waals surface area contributed by atoms with Gasteiger partial charge < -0.3 is 10.8 Å². The molecular formula is C12H18N2O3S. The third-order valence-corrected chi connectivity index (χ3v) is 4.94. The fourth-order valence-electron chi connectivity index (χ4n) is 2.13. The average molecular weight is 270 g/mol. The fraction of sp³-hybridized carbons (Fsp3) is 0.500. The predicted molar refractivity (Wildman–Crippen MR) is 70.3 cm³/mol. The van der Waals surface area contributed by atoms with E-state index in [0.29, 0.717) is 30.6 Å². The minimum Gasteiger partial charge on any atom is -0.398 e. The van der Waals surface area contributed by atoms with Crippen molar-refractivity contribution in [3.63, 3.8) is 0 Å². The van der Waals surface area contributed by atoms with Crippen LogP contribution < -0.4 is 5.73 Å². The summed E-state index contributed by atoms with van der Waals surface area (Å²) in [6.45, 7) is 0.668. The van der Waals surface area contributed by atoms with Crippen LogP contribution in [0, 0.1) is 0 Å². The molecule has 1 unspecified atom stereocenters. The van der Waals surface area contributed by atoms with Crippen LogP contribution in [0.3, 0.4) is 0 Å². The predicted octanol–water partition coefficient (Wildman–Crippen LogP) is 0.555. The molecular weight excluding hydrogens is 252 g/mol. The topological polar surface area (TPSA) is 83.6 Å². The maximum atomic E-state index is 12.2. The Morgan fingerprint density at radius 2 is 2.11 bits per heavy atom. The van der Waals surface area contributed by atoms with Gasteiger partial charge in [-0.05, 0) is 24.5 Å². The largest absolute Gasteiger partial charge is 0.398 e. The first-order valence-corrected chi connectivity index (χ1v) is 7.59. The molecule has 2 rings (SSSR count). The molecule has 1 aliphatic rings. The summed E-state index contributed by atoms with van der Waals surface area (Å²) in [6, 6.07) is 6.95. The van der Waals surface area contributed by atoms with E-state index in [4.69, 9.17) is 5.73 Å². The average Bonchev–Trinajstić information content (AvgIpc) is 2.32. The molecule has 0 aliphatic carbocycles. The van der Waals surface area contributed by atoms with Crippen LogP contribution in [-0.4, -0.2) is 37.0 Å². The number of para-hydroxylation sites is 1. The lowest BCUT2D eigenvalue weighted by atomic mass is 10.1. The summed E-state index contributed by atoms with van der Waals surface area (Å²) in [4.78, 5) is 0. The van der Waals surface area contributed by atoms with Crippen LogP contribution in [0.15, 0.2) is 24.3 Å². The second kappa shape index (κ2) is 5.26. The van der Waals surface area contributed by atoms with Crippen LogP contribution in [0.2, 0.25) is 0 Å². The Balaban J connectivity index is 2.14. The molecule has 1 aromatic carbocycles. The van der Waals surface area contributed by atoms with Gasteiger partial charge in [-0.15, -0.1) is 0 Å². The van der Waals surface area contributed by atoms with Gasteiger partial charge in [0, 0.05) is 18.8 Å². The quantitative estimate of drug-likeness (QED) is 0.786. The highest BCUT2D eigenvalue weighted by molar-refractivity contribution is 7.88. The fourth-order valence-corrected chi connectivity index (χ4v) is 3.77. The van der Waals surface area contributed by atoms with Crippen molar-refractivity contribution in [2.24, 2.45) is 0 Å². The first kappa shape index (κ1) is 13.3. The lowest BCUT2D eigenvalue weighted by Gasteiger charge is -2.29. The van der Waals surface area contributed by atoms with Crippen molar-refractivity contribution in [1.82, 2.24) is 4.31 Å². The number of hydrogen-bond donors (Lipinski definition) is 2. The Bertz CT molecular complexity index is 516. The van der Waals surface area contributed by atoms with Crippen LogP contribution in [0.25, 0.3) is 0 Å². The molecule has 6 heteroatoms. The van der Waals surface area contributed by atoms with Gasteiger partial charge in [0.2, 0.25) is 10.0 Å². The first-order chi connectivity index (χ1) is 8.49. The summed E-state index contributed by atoms with van der Waals surface area (Å²) in [6.07, 6.45) is 0.811. The van der Waals surface area contributed by atoms with Gasteiger partial charge in [0.15, 0.2) is 0 Å². The van der Waals surface area contributed by atoms with E-state index in [1.54, 1.807) is 24.3 Å². The zero-order valence-corrected chi connectivity index (χ0v) is 10.9. The number of benzene rings is 1. The zero-order valence-electron chi connectivity index (χ0n) is 10.1. The number of piperidine rings is 1. The monoisotopic (exact) mass is 270 g/mol. The van der Waals surface area contributed by atoms with Crippen LogP contribution in [0.1, 0.15) is 18.4 Å². The minimum absolute atomic E-state index is 0.105. The summed E-state index contributed by atoms with van der Waals surface area (Å²) >= 11 is 0. The third-order valence-electron chi connectivity index (χ3n) is 3.15. The molecule has 0 saturated carbocycles. The van der Waals surface area contributed by atoms with Gasteiger partial charge >= 0.3 is 0 Å². The van der Waals surface area contributed by atoms with Crippen molar-refractivity contribution in [1.29, 1.82) is 0 Å². The molecule has 0 amide bonds. The number of nitrogens with zero attached hydrogens (tertiary/aromatic N) is 1. The Morgan fingerprint density at radius 3 is 2.78 bits per heavy atom. The molecule has 3 N–H and O–H groups in total. The Hall–Kier alpha value is -1.11. The van der Waals surface area contributed by atoms with Crippen molar-refractivity contribution >= 4 is 15.7 Å². The van der Waals surface area contributed by atoms with Gasteiger partial charge in [0.1, 0.15) is 0 Å². The van der Waals surface area contributed by atoms with E-state index in [-0.39, 0.29) is 12.3 Å². The number of aliphatic hydroxyl groups is 1. The molecule has 100 valence electrons. The number of β-amino-alcohol motifs (C(OH)–C–C–N with tert-alkyl or cyclic N) is 1. The molecule has 5 nitrogen and oxygen atoms in total. The number of nitrogens with two attached hydrogens (primary N) is 1. The highest BCUT2D eigenvalue weighted by Crippen LogP contribution is 2.20. The SMILES string of the molecule is Nc1ccccc1CS(=O)(=O)N1CCCC(O)C1. The number of hydrogen-bond acceptors (Lipinski definition) is 4. The lowest BCUT2D eigenvalue weighted by molar-refractivity contribution is 0.108. The molecule has 1 atom stereocenters. The van der Waals surface area contributed by atoms with Crippen LogP contribution in [0.4, 0.5) is 5.69 Å². The molecule has 0 spiro atoms. The first-order valence-electron chi connectivity index (χ1n) is 5.98. The summed E-state index contributed by atoms with van der Waals surface area (Å²) < 4.78 is 25.8. The molecule has 1 heterocycles. The number of rotatable bonds is 3. The van der Waals surface area contributed by atoms with Crippen LogP contribution in [0.5, 0.6) is 0 Å². The highest BCUT2D eigenvalue weighted by atomic mass is 32.2. The summed E-state index contributed by atoms with van der Waals surface area (Å²) in [5.74, 6) is -0.105. The van der Waals surface area contributed by atoms with Crippen LogP contribution in [-0.2, 0) is 15.8 Å². The molecule has 1 aromatic rings. The minimum atomic E-state index is -3.40. The molecule has 18 heavy (non-hydrogen) atoms. The maximum absolute atomic E-state index is 12.2. The van der Waals surface area contributed by atoms with Crippen molar-refractivity contribution in [3.8, 4) is 0 Å². The van der Waals surface area contributed by atoms with E-state index >= 15 is 0 Å². The summed E-state index contributed by atoms with van der Waals surface area (Å²) in [7, 11) is -3.40. The van der Waals surface area contributed by atoms with E-state index < -0.39 is 16.1 Å². The van der Waals surface area contributed by atoms with Gasteiger partial charge in [-0.25, -0.2) is 8.42 Å². The number of sulfonamides is 1. The van der Waals surface area contributed by atoms with Gasteiger partial charge in [0.25, 0.3) is 0 Å². The maximum Gasteiger partial charge on any atom is 0.218 e. The molecule has 1 aliphatic heterocycles. The summed E-state index contributed by atoms with van der Waals surface area (Å²) in [5.41, 5.74) is 6.85. The molecule has 0 radical (unpaired) electrons. The van der Waals surface area contributed by atoms with Gasteiger partial charge in [-0.3, -0.25) is 0 Å². The van der Waals surface area contributed by atoms with E-state index in [1.807, 2.05) is 0 Å². The van der Waals surface area contributed by atoms with Crippen LogP contribution >= 0.6 is 0 Å². The van der Waals surface area contributed by atoms with Crippen molar-refractivity contribution in [3.05, 3.63) is 29.8 Å². The van der Waals surface area contributed by atoms with E-state index in [1.165, 1.54) is 4.31 Å². The standard InChI is InChI=1S/C12H18N2O3S/c13-12-6-2-1-4-10(12)9-18(16,17)14-7-3-5-11(15)8-14/h1-2,4,6,11,15H,3,5,7-9,13H2. The Kier molecular flexibility index (Phi) is 3.89. The highest BCUT2D eigenvalue weighted by Gasteiger charge is 2.28. The molecule has 1 fully saturated rings. The number of anilines is 1. The molecule has 0 aromatic heterocycles. The third kappa shape index (κ3) is 3.01. The number of aliphatic hydroxyl groups excluding tert-OH is 1. The Labute approximate surface area is 107 Å².